The number of nitrogens with zero attached hydrogens (tertiary/aromatic N) is 1. The molecule has 3 nitrogen and oxygen atoms in total. The molecule has 0 unspecified atom stereocenters. The number of hydrogen-bond acceptors (Lipinski definition) is 2. The first-order chi connectivity index (χ1) is 10.1. The summed E-state index contributed by atoms with van der Waals surface area (Å²) in [5, 5.41) is 4.16. The Morgan fingerprint density at radius 1 is 1.10 bits per heavy atom. The number of anilines is 1. The van der Waals surface area contributed by atoms with Gasteiger partial charge >= 0.3 is 0 Å². The van der Waals surface area contributed by atoms with E-state index in [2.05, 4.69) is 26.2 Å². The second kappa shape index (κ2) is 5.84. The number of aromatic nitrogens is 1. The summed E-state index contributed by atoms with van der Waals surface area (Å²) in [6.45, 7) is 0. The molecule has 0 spiro atoms. The molecule has 0 fully saturated rings. The first-order valence-corrected chi connectivity index (χ1v) is 7.43. The molecule has 0 aliphatic rings. The molecule has 104 valence electrons. The molecule has 0 atom stereocenters. The highest BCUT2D eigenvalue weighted by atomic mass is 79.9. The number of fused-ring (bicyclic) bond motifs is 1. The molecule has 1 N–H and O–H groups in total. The lowest BCUT2D eigenvalue weighted by Crippen LogP contribution is -2.12. The van der Waals surface area contributed by atoms with E-state index < -0.39 is 0 Å². The van der Waals surface area contributed by atoms with E-state index in [1.54, 1.807) is 18.2 Å². The van der Waals surface area contributed by atoms with Crippen LogP contribution in [-0.2, 0) is 0 Å². The largest absolute Gasteiger partial charge is 0.307 e. The third kappa shape index (κ3) is 3.06. The van der Waals surface area contributed by atoms with Gasteiger partial charge in [0.1, 0.15) is 5.82 Å². The minimum Gasteiger partial charge on any atom is -0.307 e. The summed E-state index contributed by atoms with van der Waals surface area (Å²) >= 11 is 9.64. The number of benzene rings is 2. The fraction of sp³-hybridized carbons (Fsp3) is 0. The molecule has 0 bridgehead atoms. The van der Waals surface area contributed by atoms with E-state index in [0.29, 0.717) is 16.4 Å². The van der Waals surface area contributed by atoms with Crippen molar-refractivity contribution in [2.75, 3.05) is 5.32 Å². The molecule has 0 radical (unpaired) electrons. The molecule has 3 rings (SSSR count). The van der Waals surface area contributed by atoms with Gasteiger partial charge in [0, 0.05) is 21.5 Å². The fourth-order valence-corrected chi connectivity index (χ4v) is 2.61. The van der Waals surface area contributed by atoms with E-state index >= 15 is 0 Å². The van der Waals surface area contributed by atoms with Crippen LogP contribution in [0.3, 0.4) is 0 Å². The smallest absolute Gasteiger partial charge is 0.256 e. The topological polar surface area (TPSA) is 42.0 Å². The highest BCUT2D eigenvalue weighted by molar-refractivity contribution is 9.10. The van der Waals surface area contributed by atoms with Crippen molar-refractivity contribution in [3.8, 4) is 0 Å². The lowest BCUT2D eigenvalue weighted by molar-refractivity contribution is 0.102. The molecule has 21 heavy (non-hydrogen) atoms. The van der Waals surface area contributed by atoms with Crippen LogP contribution in [-0.4, -0.2) is 10.9 Å². The van der Waals surface area contributed by atoms with Crippen LogP contribution in [0.4, 0.5) is 5.82 Å². The van der Waals surface area contributed by atoms with E-state index in [1.807, 2.05) is 36.4 Å². The zero-order chi connectivity index (χ0) is 14.8. The average Bonchev–Trinajstić information content (AvgIpc) is 2.47. The van der Waals surface area contributed by atoms with E-state index in [1.165, 1.54) is 0 Å². The van der Waals surface area contributed by atoms with Crippen molar-refractivity contribution < 1.29 is 4.79 Å². The molecular weight excluding hydrogens is 352 g/mol. The second-order valence-corrected chi connectivity index (χ2v) is 5.79. The van der Waals surface area contributed by atoms with E-state index in [4.69, 9.17) is 11.6 Å². The fourth-order valence-electron chi connectivity index (χ4n) is 2.00. The van der Waals surface area contributed by atoms with Gasteiger partial charge < -0.3 is 5.32 Å². The summed E-state index contributed by atoms with van der Waals surface area (Å²) in [6.07, 6.45) is 0. The normalized spacial score (nSPS) is 10.6. The van der Waals surface area contributed by atoms with Crippen LogP contribution < -0.4 is 5.32 Å². The molecule has 1 amide bonds. The van der Waals surface area contributed by atoms with Crippen LogP contribution in [0.25, 0.3) is 10.9 Å². The number of nitrogens with one attached hydrogen (secondary N) is 1. The van der Waals surface area contributed by atoms with Crippen molar-refractivity contribution >= 4 is 50.2 Å². The minimum absolute atomic E-state index is 0.214. The zero-order valence-electron chi connectivity index (χ0n) is 10.8. The van der Waals surface area contributed by atoms with Crippen molar-refractivity contribution in [3.63, 3.8) is 0 Å². The van der Waals surface area contributed by atoms with Gasteiger partial charge in [-0.1, -0.05) is 51.8 Å². The average molecular weight is 362 g/mol. The molecule has 0 saturated heterocycles. The molecule has 1 aromatic heterocycles. The van der Waals surface area contributed by atoms with E-state index in [-0.39, 0.29) is 5.91 Å². The highest BCUT2D eigenvalue weighted by Gasteiger charge is 2.09. The molecular formula is C16H10BrClN2O. The van der Waals surface area contributed by atoms with Crippen LogP contribution in [0, 0.1) is 0 Å². The van der Waals surface area contributed by atoms with Crippen molar-refractivity contribution in [3.05, 3.63) is 69.7 Å². The predicted molar refractivity (Wildman–Crippen MR) is 88.8 cm³/mol. The van der Waals surface area contributed by atoms with Crippen LogP contribution in [0.15, 0.2) is 59.1 Å². The lowest BCUT2D eigenvalue weighted by Gasteiger charge is -2.07. The summed E-state index contributed by atoms with van der Waals surface area (Å²) in [6, 6.07) is 16.3. The maximum absolute atomic E-state index is 12.1. The van der Waals surface area contributed by atoms with E-state index in [9.17, 15) is 4.79 Å². The maximum Gasteiger partial charge on any atom is 0.256 e. The van der Waals surface area contributed by atoms with Crippen molar-refractivity contribution in [1.82, 2.24) is 4.98 Å². The van der Waals surface area contributed by atoms with Gasteiger partial charge in [0.15, 0.2) is 0 Å². The lowest BCUT2D eigenvalue weighted by atomic mass is 10.2. The summed E-state index contributed by atoms with van der Waals surface area (Å²) < 4.78 is 0.908. The van der Waals surface area contributed by atoms with Gasteiger partial charge in [-0.05, 0) is 24.3 Å². The molecule has 0 saturated carbocycles. The number of rotatable bonds is 2. The molecule has 0 aliphatic heterocycles. The molecule has 2 aromatic carbocycles. The molecule has 5 heteroatoms. The van der Waals surface area contributed by atoms with Gasteiger partial charge in [0.05, 0.1) is 10.5 Å². The number of pyridine rings is 1. The van der Waals surface area contributed by atoms with Crippen LogP contribution in [0.1, 0.15) is 10.4 Å². The van der Waals surface area contributed by atoms with Crippen LogP contribution in [0.5, 0.6) is 0 Å². The summed E-state index contributed by atoms with van der Waals surface area (Å²) in [5.41, 5.74) is 1.30. The Morgan fingerprint density at radius 3 is 2.62 bits per heavy atom. The van der Waals surface area contributed by atoms with Gasteiger partial charge in [-0.3, -0.25) is 4.79 Å². The van der Waals surface area contributed by atoms with Crippen LogP contribution in [0.2, 0.25) is 5.02 Å². The summed E-state index contributed by atoms with van der Waals surface area (Å²) in [7, 11) is 0. The third-order valence-corrected chi connectivity index (χ3v) is 3.80. The highest BCUT2D eigenvalue weighted by Crippen LogP contribution is 2.27. The van der Waals surface area contributed by atoms with Crippen molar-refractivity contribution in [2.24, 2.45) is 0 Å². The zero-order valence-corrected chi connectivity index (χ0v) is 13.1. The standard InChI is InChI=1S/C16H10BrClN2O/c17-11-6-7-12-13(18)9-15(19-14(12)8-11)20-16(21)10-4-2-1-3-5-10/h1-9H,(H,19,20,21). The maximum atomic E-state index is 12.1. The Morgan fingerprint density at radius 2 is 1.86 bits per heavy atom. The summed E-state index contributed by atoms with van der Waals surface area (Å²) in [5.74, 6) is 0.216. The Labute approximate surface area is 135 Å². The predicted octanol–water partition coefficient (Wildman–Crippen LogP) is 4.90. The SMILES string of the molecule is O=C(Nc1cc(Cl)c2ccc(Br)cc2n1)c1ccccc1. The van der Waals surface area contributed by atoms with Gasteiger partial charge in [0.2, 0.25) is 0 Å². The van der Waals surface area contributed by atoms with Gasteiger partial charge in [0.25, 0.3) is 5.91 Å². The number of carbonyl (C=O) groups excluding carboxylic acids is 1. The molecule has 3 aromatic rings. The first kappa shape index (κ1) is 14.0. The minimum atomic E-state index is -0.214. The molecule has 1 heterocycles. The summed E-state index contributed by atoms with van der Waals surface area (Å²) in [4.78, 5) is 16.5. The second-order valence-electron chi connectivity index (χ2n) is 4.47. The first-order valence-electron chi connectivity index (χ1n) is 6.26. The number of amides is 1. The quantitative estimate of drug-likeness (QED) is 0.705. The monoisotopic (exact) mass is 360 g/mol. The molecule has 0 aliphatic carbocycles. The third-order valence-electron chi connectivity index (χ3n) is 3.00. The van der Waals surface area contributed by atoms with E-state index in [0.717, 1.165) is 15.4 Å². The Hall–Kier alpha value is -1.91. The number of carbonyl (C=O) groups is 1. The number of halogens is 2. The van der Waals surface area contributed by atoms with Gasteiger partial charge in [-0.25, -0.2) is 4.98 Å². The van der Waals surface area contributed by atoms with Crippen LogP contribution >= 0.6 is 27.5 Å². The Balaban J connectivity index is 1.96. The van der Waals surface area contributed by atoms with Gasteiger partial charge in [-0.15, -0.1) is 0 Å². The number of hydrogen-bond donors (Lipinski definition) is 1. The van der Waals surface area contributed by atoms with Crippen molar-refractivity contribution in [1.29, 1.82) is 0 Å². The van der Waals surface area contributed by atoms with Crippen molar-refractivity contribution in [2.45, 2.75) is 0 Å². The Kier molecular flexibility index (Phi) is 3.90. The Bertz CT molecular complexity index is 821. The van der Waals surface area contributed by atoms with Gasteiger partial charge in [-0.2, -0.15) is 0 Å².